The van der Waals surface area contributed by atoms with Gasteiger partial charge in [0.2, 0.25) is 0 Å². The van der Waals surface area contributed by atoms with Crippen LogP contribution in [0, 0.1) is 0 Å². The molecule has 20 heavy (non-hydrogen) atoms. The van der Waals surface area contributed by atoms with Crippen molar-refractivity contribution in [2.45, 2.75) is 33.3 Å². The molecule has 0 radical (unpaired) electrons. The molecular formula is C15H24N2O2S. The van der Waals surface area contributed by atoms with Crippen molar-refractivity contribution in [3.05, 3.63) is 24.3 Å². The van der Waals surface area contributed by atoms with Gasteiger partial charge in [0.15, 0.2) is 5.11 Å². The lowest BCUT2D eigenvalue weighted by molar-refractivity contribution is 0.0777. The van der Waals surface area contributed by atoms with Crippen molar-refractivity contribution in [2.75, 3.05) is 25.1 Å². The normalized spacial score (nSPS) is 10.4. The summed E-state index contributed by atoms with van der Waals surface area (Å²) in [6.07, 6.45) is 1.20. The van der Waals surface area contributed by atoms with E-state index in [1.807, 2.05) is 45.0 Å². The molecule has 2 N–H and O–H groups in total. The zero-order valence-corrected chi connectivity index (χ0v) is 13.3. The predicted molar refractivity (Wildman–Crippen MR) is 87.5 cm³/mol. The van der Waals surface area contributed by atoms with Crippen LogP contribution in [0.3, 0.4) is 0 Å². The lowest BCUT2D eigenvalue weighted by Gasteiger charge is -2.14. The summed E-state index contributed by atoms with van der Waals surface area (Å²) in [5, 5.41) is 6.91. The maximum atomic E-state index is 5.54. The molecule has 112 valence electrons. The van der Waals surface area contributed by atoms with Crippen LogP contribution in [0.2, 0.25) is 0 Å². The molecule has 0 aliphatic rings. The smallest absolute Gasteiger partial charge is 0.170 e. The van der Waals surface area contributed by atoms with Gasteiger partial charge in [-0.05, 0) is 51.5 Å². The molecule has 0 amide bonds. The molecule has 0 atom stereocenters. The first-order chi connectivity index (χ1) is 9.63. The van der Waals surface area contributed by atoms with Crippen LogP contribution in [0.5, 0.6) is 5.75 Å². The van der Waals surface area contributed by atoms with Gasteiger partial charge < -0.3 is 20.1 Å². The molecule has 0 heterocycles. The van der Waals surface area contributed by atoms with Gasteiger partial charge in [-0.25, -0.2) is 0 Å². The number of benzene rings is 1. The average molecular weight is 296 g/mol. The summed E-state index contributed by atoms with van der Waals surface area (Å²) in [5.41, 5.74) is 0.880. The van der Waals surface area contributed by atoms with Gasteiger partial charge >= 0.3 is 0 Å². The van der Waals surface area contributed by atoms with E-state index in [0.717, 1.165) is 31.0 Å². The third kappa shape index (κ3) is 6.73. The molecule has 0 saturated carbocycles. The topological polar surface area (TPSA) is 42.5 Å². The number of hydrogen-bond acceptors (Lipinski definition) is 3. The minimum absolute atomic E-state index is 0.276. The van der Waals surface area contributed by atoms with Crippen molar-refractivity contribution < 1.29 is 9.47 Å². The van der Waals surface area contributed by atoms with Crippen molar-refractivity contribution in [3.63, 3.8) is 0 Å². The van der Waals surface area contributed by atoms with Gasteiger partial charge in [-0.1, -0.05) is 12.1 Å². The highest BCUT2D eigenvalue weighted by Crippen LogP contribution is 2.23. The van der Waals surface area contributed by atoms with E-state index in [1.165, 1.54) is 0 Å². The SMILES string of the molecule is CCOc1ccccc1NC(=S)NCCCOC(C)C. The van der Waals surface area contributed by atoms with Crippen LogP contribution < -0.4 is 15.4 Å². The Balaban J connectivity index is 2.31. The van der Waals surface area contributed by atoms with Gasteiger partial charge in [0.25, 0.3) is 0 Å². The minimum Gasteiger partial charge on any atom is -0.492 e. The number of rotatable bonds is 8. The molecule has 0 aliphatic carbocycles. The van der Waals surface area contributed by atoms with E-state index in [2.05, 4.69) is 10.6 Å². The van der Waals surface area contributed by atoms with Crippen molar-refractivity contribution >= 4 is 23.0 Å². The van der Waals surface area contributed by atoms with Crippen LogP contribution in [-0.2, 0) is 4.74 Å². The zero-order valence-electron chi connectivity index (χ0n) is 12.4. The molecule has 0 saturated heterocycles. The van der Waals surface area contributed by atoms with Crippen molar-refractivity contribution in [1.82, 2.24) is 5.32 Å². The lowest BCUT2D eigenvalue weighted by Crippen LogP contribution is -2.30. The van der Waals surface area contributed by atoms with E-state index in [9.17, 15) is 0 Å². The number of anilines is 1. The monoisotopic (exact) mass is 296 g/mol. The van der Waals surface area contributed by atoms with Crippen LogP contribution in [-0.4, -0.2) is 31.0 Å². The van der Waals surface area contributed by atoms with Gasteiger partial charge in [0.1, 0.15) is 5.75 Å². The maximum absolute atomic E-state index is 5.54. The van der Waals surface area contributed by atoms with Gasteiger partial charge in [-0.15, -0.1) is 0 Å². The van der Waals surface area contributed by atoms with E-state index < -0.39 is 0 Å². The molecule has 1 aromatic rings. The molecular weight excluding hydrogens is 272 g/mol. The quantitative estimate of drug-likeness (QED) is 0.570. The maximum Gasteiger partial charge on any atom is 0.170 e. The Hall–Kier alpha value is -1.33. The van der Waals surface area contributed by atoms with Crippen LogP contribution in [0.15, 0.2) is 24.3 Å². The van der Waals surface area contributed by atoms with E-state index in [-0.39, 0.29) is 6.10 Å². The van der Waals surface area contributed by atoms with Gasteiger partial charge in [0.05, 0.1) is 18.4 Å². The molecule has 1 rings (SSSR count). The molecule has 4 nitrogen and oxygen atoms in total. The summed E-state index contributed by atoms with van der Waals surface area (Å²) in [4.78, 5) is 0. The van der Waals surface area contributed by atoms with Crippen molar-refractivity contribution in [2.24, 2.45) is 0 Å². The second kappa shape index (κ2) is 9.55. The summed E-state index contributed by atoms with van der Waals surface area (Å²) < 4.78 is 11.0. The van der Waals surface area contributed by atoms with E-state index in [4.69, 9.17) is 21.7 Å². The lowest BCUT2D eigenvalue weighted by atomic mass is 10.3. The third-order valence-electron chi connectivity index (χ3n) is 2.49. The van der Waals surface area contributed by atoms with Crippen molar-refractivity contribution in [3.8, 4) is 5.75 Å². The second-order valence-corrected chi connectivity index (χ2v) is 4.99. The Morgan fingerprint density at radius 1 is 1.30 bits per heavy atom. The van der Waals surface area contributed by atoms with E-state index in [0.29, 0.717) is 11.7 Å². The fourth-order valence-corrected chi connectivity index (χ4v) is 1.82. The number of thiocarbonyl (C=S) groups is 1. The van der Waals surface area contributed by atoms with E-state index in [1.54, 1.807) is 0 Å². The number of para-hydroxylation sites is 2. The molecule has 0 bridgehead atoms. The molecule has 0 unspecified atom stereocenters. The number of ether oxygens (including phenoxy) is 2. The molecule has 0 fully saturated rings. The highest BCUT2D eigenvalue weighted by atomic mass is 32.1. The van der Waals surface area contributed by atoms with Gasteiger partial charge in [-0.3, -0.25) is 0 Å². The molecule has 5 heteroatoms. The first kappa shape index (κ1) is 16.7. The molecule has 0 aromatic heterocycles. The third-order valence-corrected chi connectivity index (χ3v) is 2.74. The van der Waals surface area contributed by atoms with Crippen LogP contribution in [0.4, 0.5) is 5.69 Å². The highest BCUT2D eigenvalue weighted by Gasteiger charge is 2.03. The van der Waals surface area contributed by atoms with Crippen LogP contribution >= 0.6 is 12.2 Å². The first-order valence-electron chi connectivity index (χ1n) is 7.01. The zero-order chi connectivity index (χ0) is 14.8. The van der Waals surface area contributed by atoms with Crippen molar-refractivity contribution in [1.29, 1.82) is 0 Å². The Labute approximate surface area is 126 Å². The fourth-order valence-electron chi connectivity index (χ4n) is 1.61. The van der Waals surface area contributed by atoms with Gasteiger partial charge in [-0.2, -0.15) is 0 Å². The predicted octanol–water partition coefficient (Wildman–Crippen LogP) is 3.19. The summed E-state index contributed by atoms with van der Waals surface area (Å²) in [7, 11) is 0. The second-order valence-electron chi connectivity index (χ2n) is 4.58. The summed E-state index contributed by atoms with van der Waals surface area (Å²) in [6.45, 7) is 8.18. The fraction of sp³-hybridized carbons (Fsp3) is 0.533. The van der Waals surface area contributed by atoms with E-state index >= 15 is 0 Å². The average Bonchev–Trinajstić information content (AvgIpc) is 2.40. The largest absolute Gasteiger partial charge is 0.492 e. The molecule has 0 spiro atoms. The Kier molecular flexibility index (Phi) is 7.99. The number of nitrogens with one attached hydrogen (secondary N) is 2. The Morgan fingerprint density at radius 3 is 2.75 bits per heavy atom. The highest BCUT2D eigenvalue weighted by molar-refractivity contribution is 7.80. The molecule has 1 aromatic carbocycles. The first-order valence-corrected chi connectivity index (χ1v) is 7.42. The summed E-state index contributed by atoms with van der Waals surface area (Å²) >= 11 is 5.26. The van der Waals surface area contributed by atoms with Crippen LogP contribution in [0.1, 0.15) is 27.2 Å². The number of hydrogen-bond donors (Lipinski definition) is 2. The Bertz CT molecular complexity index is 411. The summed E-state index contributed by atoms with van der Waals surface area (Å²) in [6, 6.07) is 7.76. The van der Waals surface area contributed by atoms with Crippen LogP contribution in [0.25, 0.3) is 0 Å². The standard InChI is InChI=1S/C15H24N2O2S/c1-4-18-14-9-6-5-8-13(14)17-15(20)16-10-7-11-19-12(2)3/h5-6,8-9,12H,4,7,10-11H2,1-3H3,(H2,16,17,20). The molecule has 0 aliphatic heterocycles. The summed E-state index contributed by atoms with van der Waals surface area (Å²) in [5.74, 6) is 0.808. The minimum atomic E-state index is 0.276. The van der Waals surface area contributed by atoms with Gasteiger partial charge in [0, 0.05) is 13.2 Å². The Morgan fingerprint density at radius 2 is 2.05 bits per heavy atom.